The molecule has 3 rings (SSSR count). The summed E-state index contributed by atoms with van der Waals surface area (Å²) in [6.45, 7) is 0.987. The lowest BCUT2D eigenvalue weighted by Crippen LogP contribution is -2.31. The summed E-state index contributed by atoms with van der Waals surface area (Å²) in [7, 11) is 1.51. The lowest BCUT2D eigenvalue weighted by molar-refractivity contribution is -0.143. The predicted octanol–water partition coefficient (Wildman–Crippen LogP) is 5.20. The van der Waals surface area contributed by atoms with Gasteiger partial charge in [0, 0.05) is 13.6 Å². The molecule has 0 spiro atoms. The molecule has 2 aromatic heterocycles. The van der Waals surface area contributed by atoms with Gasteiger partial charge in [-0.3, -0.25) is 9.48 Å². The van der Waals surface area contributed by atoms with E-state index in [4.69, 9.17) is 4.42 Å². The van der Waals surface area contributed by atoms with E-state index in [-0.39, 0.29) is 23.9 Å². The maximum Gasteiger partial charge on any atom is 0.416 e. The molecule has 0 unspecified atom stereocenters. The number of aryl methyl sites for hydroxylation is 2. The number of hydrogen-bond donors (Lipinski definition) is 0. The van der Waals surface area contributed by atoms with Gasteiger partial charge >= 0.3 is 12.4 Å². The van der Waals surface area contributed by atoms with Gasteiger partial charge in [0.1, 0.15) is 11.5 Å². The standard InChI is InChI=1S/C20H17F6N3O2/c1-12-6-17(28(2)27-12)18(30)29(11-16-4-3-5-31-16)10-13-7-14(19(21,22)23)9-15(8-13)20(24,25)26/h3-9H,10-11H2,1-2H3. The fraction of sp³-hybridized carbons (Fsp3) is 0.300. The first-order valence-corrected chi connectivity index (χ1v) is 8.95. The summed E-state index contributed by atoms with van der Waals surface area (Å²) in [6.07, 6.45) is -8.62. The Balaban J connectivity index is 2.02. The quantitative estimate of drug-likeness (QED) is 0.508. The molecule has 0 fully saturated rings. The van der Waals surface area contributed by atoms with Crippen LogP contribution in [0.2, 0.25) is 0 Å². The van der Waals surface area contributed by atoms with Gasteiger partial charge in [-0.2, -0.15) is 31.4 Å². The Hall–Kier alpha value is -3.24. The van der Waals surface area contributed by atoms with Crippen molar-refractivity contribution in [3.05, 3.63) is 76.5 Å². The van der Waals surface area contributed by atoms with Gasteiger partial charge in [-0.1, -0.05) is 0 Å². The fourth-order valence-electron chi connectivity index (χ4n) is 3.09. The topological polar surface area (TPSA) is 51.3 Å². The smallest absolute Gasteiger partial charge is 0.416 e. The van der Waals surface area contributed by atoms with E-state index >= 15 is 0 Å². The summed E-state index contributed by atoms with van der Waals surface area (Å²) < 4.78 is 85.6. The van der Waals surface area contributed by atoms with Gasteiger partial charge in [0.05, 0.1) is 29.6 Å². The Labute approximate surface area is 172 Å². The molecule has 0 bridgehead atoms. The molecule has 5 nitrogen and oxygen atoms in total. The number of carbonyl (C=O) groups excluding carboxylic acids is 1. The largest absolute Gasteiger partial charge is 0.467 e. The molecule has 3 aromatic rings. The van der Waals surface area contributed by atoms with Gasteiger partial charge in [0.25, 0.3) is 5.91 Å². The number of alkyl halides is 6. The Kier molecular flexibility index (Phi) is 5.88. The second-order valence-corrected chi connectivity index (χ2v) is 6.95. The third kappa shape index (κ3) is 5.28. The summed E-state index contributed by atoms with van der Waals surface area (Å²) in [5.74, 6) is -0.305. The summed E-state index contributed by atoms with van der Waals surface area (Å²) in [4.78, 5) is 14.2. The summed E-state index contributed by atoms with van der Waals surface area (Å²) in [5, 5.41) is 4.06. The molecule has 31 heavy (non-hydrogen) atoms. The molecule has 0 aliphatic rings. The van der Waals surface area contributed by atoms with E-state index in [1.54, 1.807) is 19.1 Å². The monoisotopic (exact) mass is 445 g/mol. The number of amides is 1. The lowest BCUT2D eigenvalue weighted by Gasteiger charge is -2.23. The molecular weight excluding hydrogens is 428 g/mol. The van der Waals surface area contributed by atoms with Crippen molar-refractivity contribution in [3.63, 3.8) is 0 Å². The first-order chi connectivity index (χ1) is 14.3. The van der Waals surface area contributed by atoms with Crippen molar-refractivity contribution in [3.8, 4) is 0 Å². The first-order valence-electron chi connectivity index (χ1n) is 8.95. The minimum Gasteiger partial charge on any atom is -0.467 e. The second kappa shape index (κ2) is 8.12. The highest BCUT2D eigenvalue weighted by atomic mass is 19.4. The fourth-order valence-corrected chi connectivity index (χ4v) is 3.09. The molecule has 1 amide bonds. The third-order valence-electron chi connectivity index (χ3n) is 4.46. The van der Waals surface area contributed by atoms with E-state index in [1.807, 2.05) is 0 Å². The molecule has 0 N–H and O–H groups in total. The number of carbonyl (C=O) groups is 1. The van der Waals surface area contributed by atoms with E-state index in [0.717, 1.165) is 4.90 Å². The van der Waals surface area contributed by atoms with Gasteiger partial charge in [-0.15, -0.1) is 0 Å². The van der Waals surface area contributed by atoms with E-state index in [0.29, 0.717) is 23.6 Å². The van der Waals surface area contributed by atoms with Gasteiger partial charge in [-0.05, 0) is 48.9 Å². The first kappa shape index (κ1) is 22.4. The average Bonchev–Trinajstić information content (AvgIpc) is 3.28. The van der Waals surface area contributed by atoms with Crippen LogP contribution < -0.4 is 0 Å². The van der Waals surface area contributed by atoms with Gasteiger partial charge in [-0.25, -0.2) is 0 Å². The number of nitrogens with zero attached hydrogens (tertiary/aromatic N) is 3. The normalized spacial score (nSPS) is 12.3. The zero-order valence-corrected chi connectivity index (χ0v) is 16.4. The number of benzene rings is 1. The Morgan fingerprint density at radius 2 is 1.65 bits per heavy atom. The molecule has 2 heterocycles. The van der Waals surface area contributed by atoms with Crippen LogP contribution in [0.15, 0.2) is 47.1 Å². The van der Waals surface area contributed by atoms with Crippen molar-refractivity contribution in [2.75, 3.05) is 0 Å². The van der Waals surface area contributed by atoms with Crippen molar-refractivity contribution in [2.45, 2.75) is 32.4 Å². The molecular formula is C20H17F6N3O2. The van der Waals surface area contributed by atoms with E-state index in [1.165, 1.54) is 24.1 Å². The number of furan rings is 1. The molecule has 11 heteroatoms. The van der Waals surface area contributed by atoms with Gasteiger partial charge < -0.3 is 9.32 Å². The maximum absolute atomic E-state index is 13.2. The second-order valence-electron chi connectivity index (χ2n) is 6.95. The van der Waals surface area contributed by atoms with Gasteiger partial charge in [0.2, 0.25) is 0 Å². The average molecular weight is 445 g/mol. The summed E-state index contributed by atoms with van der Waals surface area (Å²) in [5.41, 5.74) is -2.55. The zero-order chi connectivity index (χ0) is 23.0. The minimum absolute atomic E-state index is 0.0483. The predicted molar refractivity (Wildman–Crippen MR) is 96.7 cm³/mol. The SMILES string of the molecule is Cc1cc(C(=O)N(Cc2cc(C(F)(F)F)cc(C(F)(F)F)c2)Cc2ccco2)n(C)n1. The van der Waals surface area contributed by atoms with Crippen LogP contribution in [0.25, 0.3) is 0 Å². The van der Waals surface area contributed by atoms with Crippen molar-refractivity contribution in [1.82, 2.24) is 14.7 Å². The van der Waals surface area contributed by atoms with Crippen molar-refractivity contribution in [2.24, 2.45) is 7.05 Å². The number of halogens is 6. The molecule has 0 radical (unpaired) electrons. The molecule has 1 aromatic carbocycles. The molecule has 166 valence electrons. The Morgan fingerprint density at radius 1 is 1.03 bits per heavy atom. The lowest BCUT2D eigenvalue weighted by atomic mass is 10.0. The highest BCUT2D eigenvalue weighted by Gasteiger charge is 2.37. The van der Waals surface area contributed by atoms with Crippen molar-refractivity contribution < 1.29 is 35.6 Å². The van der Waals surface area contributed by atoms with Crippen LogP contribution in [0.5, 0.6) is 0 Å². The van der Waals surface area contributed by atoms with Crippen LogP contribution in [-0.4, -0.2) is 20.6 Å². The zero-order valence-electron chi connectivity index (χ0n) is 16.4. The van der Waals surface area contributed by atoms with Crippen LogP contribution in [0.4, 0.5) is 26.3 Å². The van der Waals surface area contributed by atoms with E-state index < -0.39 is 35.9 Å². The Bertz CT molecular complexity index is 1040. The summed E-state index contributed by atoms with van der Waals surface area (Å²) in [6, 6.07) is 5.83. The van der Waals surface area contributed by atoms with Gasteiger partial charge in [0.15, 0.2) is 0 Å². The van der Waals surface area contributed by atoms with E-state index in [2.05, 4.69) is 5.10 Å². The minimum atomic E-state index is -4.98. The third-order valence-corrected chi connectivity index (χ3v) is 4.46. The van der Waals surface area contributed by atoms with E-state index in [9.17, 15) is 31.1 Å². The van der Waals surface area contributed by atoms with Crippen LogP contribution in [0.1, 0.15) is 38.6 Å². The molecule has 0 atom stereocenters. The van der Waals surface area contributed by atoms with Crippen LogP contribution >= 0.6 is 0 Å². The molecule has 0 saturated carbocycles. The maximum atomic E-state index is 13.2. The molecule has 0 saturated heterocycles. The van der Waals surface area contributed by atoms with Crippen molar-refractivity contribution >= 4 is 5.91 Å². The highest BCUT2D eigenvalue weighted by Crippen LogP contribution is 2.36. The van der Waals surface area contributed by atoms with Crippen LogP contribution in [0.3, 0.4) is 0 Å². The summed E-state index contributed by atoms with van der Waals surface area (Å²) >= 11 is 0. The molecule has 0 aliphatic carbocycles. The molecule has 0 aliphatic heterocycles. The number of rotatable bonds is 5. The van der Waals surface area contributed by atoms with Crippen LogP contribution in [0, 0.1) is 6.92 Å². The number of aromatic nitrogens is 2. The Morgan fingerprint density at radius 3 is 2.10 bits per heavy atom. The van der Waals surface area contributed by atoms with Crippen LogP contribution in [-0.2, 0) is 32.5 Å². The van der Waals surface area contributed by atoms with Crippen molar-refractivity contribution in [1.29, 1.82) is 0 Å². The number of hydrogen-bond acceptors (Lipinski definition) is 3. The highest BCUT2D eigenvalue weighted by molar-refractivity contribution is 5.92.